The fourth-order valence-corrected chi connectivity index (χ4v) is 2.12. The minimum atomic E-state index is -0.454. The zero-order valence-corrected chi connectivity index (χ0v) is 11.0. The second-order valence-corrected chi connectivity index (χ2v) is 3.83. The summed E-state index contributed by atoms with van der Waals surface area (Å²) < 4.78 is 32.2. The van der Waals surface area contributed by atoms with Crippen molar-refractivity contribution in [2.24, 2.45) is 0 Å². The topological polar surface area (TPSA) is 55.4 Å². The summed E-state index contributed by atoms with van der Waals surface area (Å²) in [4.78, 5) is 0. The van der Waals surface area contributed by atoms with Crippen LogP contribution in [0.2, 0.25) is 0 Å². The number of hydrogen-bond acceptors (Lipinski definition) is 6. The van der Waals surface area contributed by atoms with E-state index in [4.69, 9.17) is 28.4 Å². The highest BCUT2D eigenvalue weighted by Gasteiger charge is 2.49. The fraction of sp³-hybridized carbons (Fsp3) is 1.00. The van der Waals surface area contributed by atoms with E-state index in [1.807, 2.05) is 0 Å². The molecule has 0 radical (unpaired) electrons. The van der Waals surface area contributed by atoms with Gasteiger partial charge in [-0.1, -0.05) is 0 Å². The fourth-order valence-electron chi connectivity index (χ4n) is 2.12. The van der Waals surface area contributed by atoms with E-state index in [1.54, 1.807) is 35.5 Å². The zero-order valence-electron chi connectivity index (χ0n) is 11.0. The van der Waals surface area contributed by atoms with Gasteiger partial charge in [-0.15, -0.1) is 0 Å². The highest BCUT2D eigenvalue weighted by molar-refractivity contribution is 4.93. The van der Waals surface area contributed by atoms with Gasteiger partial charge < -0.3 is 28.4 Å². The van der Waals surface area contributed by atoms with Crippen LogP contribution in [0.25, 0.3) is 0 Å². The Morgan fingerprint density at radius 3 is 2.00 bits per heavy atom. The molecule has 0 aliphatic carbocycles. The average Bonchev–Trinajstić information content (AvgIpc) is 2.73. The molecule has 0 aromatic rings. The first-order valence-electron chi connectivity index (χ1n) is 5.49. The highest BCUT2D eigenvalue weighted by Crippen LogP contribution is 2.29. The Bertz CT molecular complexity index is 212. The summed E-state index contributed by atoms with van der Waals surface area (Å²) in [5, 5.41) is 0. The van der Waals surface area contributed by atoms with E-state index in [9.17, 15) is 0 Å². The molecule has 0 N–H and O–H groups in total. The summed E-state index contributed by atoms with van der Waals surface area (Å²) in [7, 11) is 8.02. The smallest absolute Gasteiger partial charge is 0.186 e. The van der Waals surface area contributed by atoms with Gasteiger partial charge in [0, 0.05) is 35.5 Å². The second-order valence-electron chi connectivity index (χ2n) is 3.83. The molecule has 0 saturated carbocycles. The molecule has 1 aliphatic rings. The molecule has 1 rings (SSSR count). The highest BCUT2D eigenvalue weighted by atomic mass is 16.7. The van der Waals surface area contributed by atoms with Gasteiger partial charge in [0.05, 0.1) is 6.61 Å². The Morgan fingerprint density at radius 2 is 1.59 bits per heavy atom. The molecule has 102 valence electrons. The van der Waals surface area contributed by atoms with Crippen LogP contribution in [0.1, 0.15) is 0 Å². The Hall–Kier alpha value is -0.240. The van der Waals surface area contributed by atoms with Crippen molar-refractivity contribution in [3.05, 3.63) is 0 Å². The number of methoxy groups -OCH3 is 5. The monoisotopic (exact) mass is 250 g/mol. The third-order valence-electron chi connectivity index (χ3n) is 2.98. The summed E-state index contributed by atoms with van der Waals surface area (Å²) in [5.41, 5.74) is 0. The normalized spacial score (nSPS) is 35.1. The minimum Gasteiger partial charge on any atom is -0.382 e. The molecule has 6 nitrogen and oxygen atoms in total. The molecular formula is C11H22O6. The van der Waals surface area contributed by atoms with Gasteiger partial charge in [-0.05, 0) is 0 Å². The molecule has 5 atom stereocenters. The molecule has 6 heteroatoms. The molecule has 0 spiro atoms. The molecular weight excluding hydrogens is 228 g/mol. The standard InChI is InChI=1S/C11H22O6/c1-12-6-7(13-2)8-9(14-3)10(15-4)11(16-5)17-8/h7-11H,6H2,1-5H3/t7?,8-,9-,10+,11-/m0/s1. The van der Waals surface area contributed by atoms with E-state index in [2.05, 4.69) is 0 Å². The molecule has 0 aromatic heterocycles. The van der Waals surface area contributed by atoms with Gasteiger partial charge in [0.25, 0.3) is 0 Å². The summed E-state index contributed by atoms with van der Waals surface area (Å²) in [6, 6.07) is 0. The van der Waals surface area contributed by atoms with Crippen molar-refractivity contribution in [1.29, 1.82) is 0 Å². The van der Waals surface area contributed by atoms with Gasteiger partial charge in [0.1, 0.15) is 24.4 Å². The van der Waals surface area contributed by atoms with Crippen LogP contribution in [-0.4, -0.2) is 72.9 Å². The van der Waals surface area contributed by atoms with E-state index in [1.165, 1.54) is 0 Å². The largest absolute Gasteiger partial charge is 0.382 e. The molecule has 1 aliphatic heterocycles. The van der Waals surface area contributed by atoms with Crippen molar-refractivity contribution in [2.45, 2.75) is 30.7 Å². The Labute approximate surface area is 102 Å². The number of rotatable bonds is 7. The quantitative estimate of drug-likeness (QED) is 0.636. The predicted molar refractivity (Wildman–Crippen MR) is 59.9 cm³/mol. The molecule has 1 heterocycles. The van der Waals surface area contributed by atoms with Crippen LogP contribution in [0.15, 0.2) is 0 Å². The second kappa shape index (κ2) is 7.25. The maximum atomic E-state index is 5.75. The van der Waals surface area contributed by atoms with Crippen LogP contribution in [0.5, 0.6) is 0 Å². The molecule has 1 fully saturated rings. The van der Waals surface area contributed by atoms with Crippen molar-refractivity contribution < 1.29 is 28.4 Å². The lowest BCUT2D eigenvalue weighted by Gasteiger charge is -2.26. The van der Waals surface area contributed by atoms with Gasteiger partial charge in [0.2, 0.25) is 0 Å². The van der Waals surface area contributed by atoms with Crippen molar-refractivity contribution in [1.82, 2.24) is 0 Å². The van der Waals surface area contributed by atoms with Crippen molar-refractivity contribution in [2.75, 3.05) is 42.2 Å². The lowest BCUT2D eigenvalue weighted by atomic mass is 10.1. The third-order valence-corrected chi connectivity index (χ3v) is 2.98. The van der Waals surface area contributed by atoms with Gasteiger partial charge in [-0.2, -0.15) is 0 Å². The number of hydrogen-bond donors (Lipinski definition) is 0. The van der Waals surface area contributed by atoms with Gasteiger partial charge in [-0.3, -0.25) is 0 Å². The Morgan fingerprint density at radius 1 is 0.941 bits per heavy atom. The van der Waals surface area contributed by atoms with Crippen LogP contribution in [0.3, 0.4) is 0 Å². The van der Waals surface area contributed by atoms with E-state index in [-0.39, 0.29) is 24.4 Å². The van der Waals surface area contributed by atoms with Crippen LogP contribution >= 0.6 is 0 Å². The third kappa shape index (κ3) is 3.15. The van der Waals surface area contributed by atoms with E-state index in [0.29, 0.717) is 6.61 Å². The van der Waals surface area contributed by atoms with Gasteiger partial charge in [0.15, 0.2) is 6.29 Å². The first-order chi connectivity index (χ1) is 8.23. The Kier molecular flexibility index (Phi) is 6.32. The van der Waals surface area contributed by atoms with Gasteiger partial charge >= 0.3 is 0 Å². The van der Waals surface area contributed by atoms with E-state index < -0.39 is 6.29 Å². The van der Waals surface area contributed by atoms with Crippen molar-refractivity contribution >= 4 is 0 Å². The molecule has 17 heavy (non-hydrogen) atoms. The van der Waals surface area contributed by atoms with Crippen LogP contribution < -0.4 is 0 Å². The lowest BCUT2D eigenvalue weighted by Crippen LogP contribution is -2.43. The van der Waals surface area contributed by atoms with Crippen molar-refractivity contribution in [3.8, 4) is 0 Å². The predicted octanol–water partition coefficient (Wildman–Crippen LogP) is 0.0491. The summed E-state index contributed by atoms with van der Waals surface area (Å²) in [5.74, 6) is 0. The molecule has 0 aromatic carbocycles. The molecule has 1 saturated heterocycles. The Balaban J connectivity index is 2.76. The first kappa shape index (κ1) is 14.8. The van der Waals surface area contributed by atoms with Gasteiger partial charge in [-0.25, -0.2) is 0 Å². The molecule has 0 bridgehead atoms. The SMILES string of the molecule is COCC(OC)[C@@H]1O[C@H](OC)[C@H](OC)[C@H]1OC. The van der Waals surface area contributed by atoms with E-state index >= 15 is 0 Å². The molecule has 1 unspecified atom stereocenters. The van der Waals surface area contributed by atoms with Crippen LogP contribution in [0, 0.1) is 0 Å². The lowest BCUT2D eigenvalue weighted by molar-refractivity contribution is -0.175. The average molecular weight is 250 g/mol. The van der Waals surface area contributed by atoms with Crippen molar-refractivity contribution in [3.63, 3.8) is 0 Å². The minimum absolute atomic E-state index is 0.220. The summed E-state index contributed by atoms with van der Waals surface area (Å²) in [6.07, 6.45) is -1.47. The summed E-state index contributed by atoms with van der Waals surface area (Å²) in [6.45, 7) is 0.424. The molecule has 0 amide bonds. The van der Waals surface area contributed by atoms with Crippen LogP contribution in [-0.2, 0) is 28.4 Å². The van der Waals surface area contributed by atoms with Crippen LogP contribution in [0.4, 0.5) is 0 Å². The number of ether oxygens (including phenoxy) is 6. The maximum absolute atomic E-state index is 5.75. The first-order valence-corrected chi connectivity index (χ1v) is 5.49. The van der Waals surface area contributed by atoms with E-state index in [0.717, 1.165) is 0 Å². The zero-order chi connectivity index (χ0) is 12.8. The summed E-state index contributed by atoms with van der Waals surface area (Å²) >= 11 is 0. The maximum Gasteiger partial charge on any atom is 0.186 e.